The lowest BCUT2D eigenvalue weighted by molar-refractivity contribution is 0.0322. The Morgan fingerprint density at radius 2 is 2.06 bits per heavy atom. The van der Waals surface area contributed by atoms with Gasteiger partial charge < -0.3 is 20.1 Å². The zero-order valence-electron chi connectivity index (χ0n) is 18.6. The monoisotopic (exact) mass is 559 g/mol. The van der Waals surface area contributed by atoms with Gasteiger partial charge >= 0.3 is 0 Å². The average molecular weight is 560 g/mol. The van der Waals surface area contributed by atoms with Gasteiger partial charge in [-0.1, -0.05) is 12.1 Å². The first-order valence-electron chi connectivity index (χ1n) is 10.6. The second-order valence-electron chi connectivity index (χ2n) is 7.25. The highest BCUT2D eigenvalue weighted by molar-refractivity contribution is 14.0. The molecule has 0 amide bonds. The lowest BCUT2D eigenvalue weighted by Crippen LogP contribution is -2.38. The van der Waals surface area contributed by atoms with Crippen LogP contribution in [0.4, 0.5) is 0 Å². The molecule has 2 N–H and O–H groups in total. The number of hydrogen-bond donors (Lipinski definition) is 2. The summed E-state index contributed by atoms with van der Waals surface area (Å²) in [5.41, 5.74) is 2.22. The van der Waals surface area contributed by atoms with Crippen LogP contribution in [-0.4, -0.2) is 61.8 Å². The van der Waals surface area contributed by atoms with E-state index in [0.29, 0.717) is 19.7 Å². The maximum absolute atomic E-state index is 5.95. The summed E-state index contributed by atoms with van der Waals surface area (Å²) in [5.74, 6) is 1.68. The summed E-state index contributed by atoms with van der Waals surface area (Å²) < 4.78 is 11.3. The van der Waals surface area contributed by atoms with Gasteiger partial charge in [0.2, 0.25) is 0 Å². The Balaban J connectivity index is 0.00000341. The van der Waals surface area contributed by atoms with Gasteiger partial charge in [-0.2, -0.15) is 0 Å². The Morgan fingerprint density at radius 3 is 2.77 bits per heavy atom. The molecule has 0 bridgehead atoms. The van der Waals surface area contributed by atoms with Crippen molar-refractivity contribution in [3.05, 3.63) is 45.4 Å². The number of morpholine rings is 1. The molecular weight excluding hydrogens is 525 g/mol. The Morgan fingerprint density at radius 1 is 1.26 bits per heavy atom. The van der Waals surface area contributed by atoms with Crippen LogP contribution in [0, 0.1) is 13.8 Å². The Labute approximate surface area is 206 Å². The highest BCUT2D eigenvalue weighted by Gasteiger charge is 2.10. The van der Waals surface area contributed by atoms with Crippen molar-refractivity contribution >= 4 is 41.3 Å². The van der Waals surface area contributed by atoms with E-state index in [0.717, 1.165) is 67.4 Å². The number of nitrogens with zero attached hydrogens (tertiary/aromatic N) is 3. The standard InChI is InChI=1S/C22H33N5O2S.HI/c1-4-23-22(25-16-21-26-17(2)18(3)30-21)24-15-19-6-5-7-20(14-19)29-13-10-27-8-11-28-12-9-27;/h5-7,14H,4,8-13,15-16H2,1-3H3,(H2,23,24,25);1H. The second-order valence-corrected chi connectivity index (χ2v) is 8.54. The highest BCUT2D eigenvalue weighted by atomic mass is 127. The molecule has 1 aromatic carbocycles. The Hall–Kier alpha value is -1.43. The minimum Gasteiger partial charge on any atom is -0.492 e. The SMILES string of the molecule is CCNC(=NCc1cccc(OCCN2CCOCC2)c1)NCc1nc(C)c(C)s1.I. The van der Waals surface area contributed by atoms with E-state index >= 15 is 0 Å². The number of ether oxygens (including phenoxy) is 2. The van der Waals surface area contributed by atoms with Gasteiger partial charge in [-0.25, -0.2) is 9.98 Å². The fourth-order valence-corrected chi connectivity index (χ4v) is 4.01. The molecule has 1 saturated heterocycles. The summed E-state index contributed by atoms with van der Waals surface area (Å²) in [6.07, 6.45) is 0. The maximum Gasteiger partial charge on any atom is 0.191 e. The van der Waals surface area contributed by atoms with Crippen LogP contribution < -0.4 is 15.4 Å². The number of aliphatic imine (C=N–C) groups is 1. The van der Waals surface area contributed by atoms with E-state index in [9.17, 15) is 0 Å². The van der Waals surface area contributed by atoms with Crippen LogP contribution >= 0.6 is 35.3 Å². The van der Waals surface area contributed by atoms with E-state index < -0.39 is 0 Å². The molecule has 0 radical (unpaired) electrons. The van der Waals surface area contributed by atoms with Crippen LogP contribution in [0.5, 0.6) is 5.75 Å². The molecule has 3 rings (SSSR count). The quantitative estimate of drug-likeness (QED) is 0.279. The van der Waals surface area contributed by atoms with Crippen LogP contribution in [0.1, 0.15) is 28.1 Å². The maximum atomic E-state index is 5.95. The van der Waals surface area contributed by atoms with Gasteiger partial charge in [0.1, 0.15) is 17.4 Å². The Bertz CT molecular complexity index is 804. The highest BCUT2D eigenvalue weighted by Crippen LogP contribution is 2.16. The van der Waals surface area contributed by atoms with Crippen molar-refractivity contribution in [2.45, 2.75) is 33.9 Å². The van der Waals surface area contributed by atoms with Gasteiger partial charge in [0.15, 0.2) is 5.96 Å². The van der Waals surface area contributed by atoms with Crippen molar-refractivity contribution in [2.24, 2.45) is 4.99 Å². The van der Waals surface area contributed by atoms with Crippen LogP contribution in [-0.2, 0) is 17.8 Å². The summed E-state index contributed by atoms with van der Waals surface area (Å²) in [6, 6.07) is 8.18. The molecule has 1 fully saturated rings. The molecule has 0 atom stereocenters. The third-order valence-corrected chi connectivity index (χ3v) is 6.00. The molecule has 1 aliphatic rings. The molecule has 0 aliphatic carbocycles. The number of hydrogen-bond acceptors (Lipinski definition) is 6. The van der Waals surface area contributed by atoms with Crippen LogP contribution in [0.3, 0.4) is 0 Å². The summed E-state index contributed by atoms with van der Waals surface area (Å²) in [7, 11) is 0. The lowest BCUT2D eigenvalue weighted by Gasteiger charge is -2.26. The summed E-state index contributed by atoms with van der Waals surface area (Å²) in [5, 5.41) is 7.75. The number of aryl methyl sites for hydroxylation is 2. The first kappa shape index (κ1) is 25.8. The summed E-state index contributed by atoms with van der Waals surface area (Å²) in [6.45, 7) is 13.5. The van der Waals surface area contributed by atoms with Gasteiger partial charge in [0.25, 0.3) is 0 Å². The molecule has 1 aromatic heterocycles. The molecule has 1 aliphatic heterocycles. The summed E-state index contributed by atoms with van der Waals surface area (Å²) >= 11 is 1.73. The smallest absolute Gasteiger partial charge is 0.191 e. The molecule has 0 spiro atoms. The van der Waals surface area contributed by atoms with E-state index in [2.05, 4.69) is 46.5 Å². The van der Waals surface area contributed by atoms with E-state index in [1.165, 1.54) is 4.88 Å². The molecule has 31 heavy (non-hydrogen) atoms. The topological polar surface area (TPSA) is 71.0 Å². The van der Waals surface area contributed by atoms with Crippen molar-refractivity contribution in [1.82, 2.24) is 20.5 Å². The fourth-order valence-electron chi connectivity index (χ4n) is 3.14. The van der Waals surface area contributed by atoms with E-state index in [1.807, 2.05) is 19.1 Å². The van der Waals surface area contributed by atoms with Crippen molar-refractivity contribution in [3.8, 4) is 5.75 Å². The Kier molecular flexibility index (Phi) is 11.6. The summed E-state index contributed by atoms with van der Waals surface area (Å²) in [4.78, 5) is 12.9. The number of halogens is 1. The lowest BCUT2D eigenvalue weighted by atomic mass is 10.2. The zero-order valence-corrected chi connectivity index (χ0v) is 21.8. The van der Waals surface area contributed by atoms with E-state index in [-0.39, 0.29) is 24.0 Å². The molecule has 172 valence electrons. The van der Waals surface area contributed by atoms with Crippen molar-refractivity contribution in [3.63, 3.8) is 0 Å². The van der Waals surface area contributed by atoms with Crippen molar-refractivity contribution in [2.75, 3.05) is 46.0 Å². The van der Waals surface area contributed by atoms with Gasteiger partial charge in [-0.15, -0.1) is 35.3 Å². The first-order chi connectivity index (χ1) is 14.6. The average Bonchev–Trinajstić information content (AvgIpc) is 3.08. The van der Waals surface area contributed by atoms with E-state index in [4.69, 9.17) is 14.5 Å². The predicted molar refractivity (Wildman–Crippen MR) is 138 cm³/mol. The molecule has 7 nitrogen and oxygen atoms in total. The minimum absolute atomic E-state index is 0. The zero-order chi connectivity index (χ0) is 21.2. The number of thiazole rings is 1. The number of rotatable bonds is 9. The van der Waals surface area contributed by atoms with Crippen molar-refractivity contribution < 1.29 is 9.47 Å². The van der Waals surface area contributed by atoms with Gasteiger partial charge in [0, 0.05) is 31.1 Å². The number of nitrogens with one attached hydrogen (secondary N) is 2. The molecular formula is C22H34IN5O2S. The normalized spacial score (nSPS) is 14.7. The molecule has 0 unspecified atom stereocenters. The third kappa shape index (κ3) is 8.91. The second kappa shape index (κ2) is 13.9. The molecule has 2 aromatic rings. The fraction of sp³-hybridized carbons (Fsp3) is 0.545. The largest absolute Gasteiger partial charge is 0.492 e. The van der Waals surface area contributed by atoms with Crippen molar-refractivity contribution in [1.29, 1.82) is 0 Å². The number of guanidine groups is 1. The van der Waals surface area contributed by atoms with Crippen LogP contribution in [0.2, 0.25) is 0 Å². The number of aromatic nitrogens is 1. The number of benzene rings is 1. The van der Waals surface area contributed by atoms with Gasteiger partial charge in [-0.3, -0.25) is 4.90 Å². The van der Waals surface area contributed by atoms with E-state index in [1.54, 1.807) is 11.3 Å². The van der Waals surface area contributed by atoms with Crippen LogP contribution in [0.15, 0.2) is 29.3 Å². The third-order valence-electron chi connectivity index (χ3n) is 4.92. The molecule has 0 saturated carbocycles. The first-order valence-corrected chi connectivity index (χ1v) is 11.4. The minimum atomic E-state index is 0. The molecule has 9 heteroatoms. The predicted octanol–water partition coefficient (Wildman–Crippen LogP) is 3.34. The van der Waals surface area contributed by atoms with Gasteiger partial charge in [0.05, 0.1) is 32.0 Å². The van der Waals surface area contributed by atoms with Crippen LogP contribution in [0.25, 0.3) is 0 Å². The molecule has 2 heterocycles. The van der Waals surface area contributed by atoms with Gasteiger partial charge in [-0.05, 0) is 38.5 Å².